The molecule has 31 heavy (non-hydrogen) atoms. The Morgan fingerprint density at radius 3 is 2.42 bits per heavy atom. The standard InChI is InChI=1S/C24H27F2N3O2/c1-4-17-10-20(23(26)12-22(17)25)9-16-5-6-18(11-24(27)31)21(14-29(2)3)19(15-30)7-8-28-13-16/h5-8,10,12-13,15H,4,9,11,14H2,1-3H3,(H2,27,31). The van der Waals surface area contributed by atoms with Crippen molar-refractivity contribution in [3.8, 4) is 0 Å². The molecule has 0 saturated heterocycles. The number of benzene rings is 1. The van der Waals surface area contributed by atoms with E-state index in [2.05, 4.69) is 4.98 Å². The number of amides is 1. The summed E-state index contributed by atoms with van der Waals surface area (Å²) in [5.41, 5.74) is 8.51. The zero-order chi connectivity index (χ0) is 23.0. The van der Waals surface area contributed by atoms with E-state index >= 15 is 0 Å². The molecule has 0 aliphatic heterocycles. The van der Waals surface area contributed by atoms with Crippen molar-refractivity contribution in [3.05, 3.63) is 87.7 Å². The zero-order valence-corrected chi connectivity index (χ0v) is 18.0. The molecule has 0 atom stereocenters. The van der Waals surface area contributed by atoms with Gasteiger partial charge in [-0.2, -0.15) is 0 Å². The minimum atomic E-state index is -0.630. The first-order valence-corrected chi connectivity index (χ1v) is 9.93. The van der Waals surface area contributed by atoms with Crippen LogP contribution in [0.4, 0.5) is 8.78 Å². The second kappa shape index (κ2) is 11.3. The molecular weight excluding hydrogens is 400 g/mol. The van der Waals surface area contributed by atoms with Crippen molar-refractivity contribution in [2.75, 3.05) is 14.1 Å². The van der Waals surface area contributed by atoms with Gasteiger partial charge in [0.1, 0.15) is 17.9 Å². The highest BCUT2D eigenvalue weighted by Crippen LogP contribution is 2.19. The first-order valence-electron chi connectivity index (χ1n) is 9.93. The quantitative estimate of drug-likeness (QED) is 0.654. The third kappa shape index (κ3) is 6.93. The molecule has 1 aromatic heterocycles. The van der Waals surface area contributed by atoms with Gasteiger partial charge in [0.2, 0.25) is 5.91 Å². The molecule has 5 nitrogen and oxygen atoms in total. The van der Waals surface area contributed by atoms with E-state index in [0.29, 0.717) is 52.6 Å². The Morgan fingerprint density at radius 1 is 1.10 bits per heavy atom. The second-order valence-electron chi connectivity index (χ2n) is 7.53. The van der Waals surface area contributed by atoms with Crippen molar-refractivity contribution in [2.24, 2.45) is 5.73 Å². The van der Waals surface area contributed by atoms with E-state index in [4.69, 9.17) is 5.73 Å². The van der Waals surface area contributed by atoms with Crippen molar-refractivity contribution in [3.63, 3.8) is 0 Å². The molecule has 7 heteroatoms. The van der Waals surface area contributed by atoms with Gasteiger partial charge in [-0.25, -0.2) is 8.78 Å². The van der Waals surface area contributed by atoms with Crippen molar-refractivity contribution >= 4 is 12.2 Å². The lowest BCUT2D eigenvalue weighted by molar-refractivity contribution is -0.117. The predicted molar refractivity (Wildman–Crippen MR) is 116 cm³/mol. The summed E-state index contributed by atoms with van der Waals surface area (Å²) in [5, 5.41) is 0. The molecule has 164 valence electrons. The van der Waals surface area contributed by atoms with Gasteiger partial charge in [-0.15, -0.1) is 0 Å². The summed E-state index contributed by atoms with van der Waals surface area (Å²) in [6.45, 7) is 2.22. The summed E-state index contributed by atoms with van der Waals surface area (Å²) in [6, 6.07) is 7.40. The summed E-state index contributed by atoms with van der Waals surface area (Å²) >= 11 is 0. The Balaban J connectivity index is 2.65. The number of aldehydes is 1. The van der Waals surface area contributed by atoms with Crippen molar-refractivity contribution in [1.82, 2.24) is 9.88 Å². The van der Waals surface area contributed by atoms with Crippen molar-refractivity contribution in [1.29, 1.82) is 0 Å². The van der Waals surface area contributed by atoms with Crippen LogP contribution in [0.5, 0.6) is 0 Å². The van der Waals surface area contributed by atoms with E-state index in [0.717, 1.165) is 6.07 Å². The smallest absolute Gasteiger partial charge is 0.221 e. The number of primary amides is 1. The number of rotatable bonds is 8. The van der Waals surface area contributed by atoms with E-state index in [9.17, 15) is 18.4 Å². The van der Waals surface area contributed by atoms with E-state index in [1.54, 1.807) is 31.3 Å². The first-order chi connectivity index (χ1) is 14.7. The van der Waals surface area contributed by atoms with E-state index in [1.807, 2.05) is 19.0 Å². The topological polar surface area (TPSA) is 76.3 Å². The van der Waals surface area contributed by atoms with Crippen LogP contribution in [0.25, 0.3) is 0 Å². The summed E-state index contributed by atoms with van der Waals surface area (Å²) in [6.07, 6.45) is 4.31. The summed E-state index contributed by atoms with van der Waals surface area (Å²) in [4.78, 5) is 29.4. The molecule has 2 rings (SSSR count). The number of aryl methyl sites for hydroxylation is 1. The molecular formula is C24H27F2N3O2. The van der Waals surface area contributed by atoms with Gasteiger partial charge in [0.25, 0.3) is 0 Å². The van der Waals surface area contributed by atoms with Gasteiger partial charge in [-0.1, -0.05) is 19.1 Å². The Morgan fingerprint density at radius 2 is 1.81 bits per heavy atom. The maximum atomic E-state index is 14.3. The van der Waals surface area contributed by atoms with Crippen LogP contribution in [0.3, 0.4) is 0 Å². The number of hydrogen-bond donors (Lipinski definition) is 1. The highest BCUT2D eigenvalue weighted by Gasteiger charge is 2.11. The van der Waals surface area contributed by atoms with Gasteiger partial charge in [-0.3, -0.25) is 14.6 Å². The lowest BCUT2D eigenvalue weighted by Crippen LogP contribution is -2.18. The average molecular weight is 427 g/mol. The largest absolute Gasteiger partial charge is 0.369 e. The molecule has 0 fully saturated rings. The summed E-state index contributed by atoms with van der Waals surface area (Å²) < 4.78 is 28.2. The van der Waals surface area contributed by atoms with Crippen LogP contribution in [0.1, 0.15) is 45.1 Å². The molecule has 0 spiro atoms. The van der Waals surface area contributed by atoms with E-state index in [-0.39, 0.29) is 12.8 Å². The second-order valence-corrected chi connectivity index (χ2v) is 7.53. The lowest BCUT2D eigenvalue weighted by atomic mass is 9.99. The monoisotopic (exact) mass is 427 g/mol. The van der Waals surface area contributed by atoms with E-state index < -0.39 is 17.5 Å². The maximum absolute atomic E-state index is 14.3. The van der Waals surface area contributed by atoms with Gasteiger partial charge >= 0.3 is 0 Å². The molecule has 2 N–H and O–H groups in total. The van der Waals surface area contributed by atoms with Crippen LogP contribution in [0.15, 0.2) is 42.7 Å². The van der Waals surface area contributed by atoms with Crippen LogP contribution in [0, 0.1) is 11.6 Å². The lowest BCUT2D eigenvalue weighted by Gasteiger charge is -2.14. The van der Waals surface area contributed by atoms with Gasteiger partial charge in [0.15, 0.2) is 0 Å². The number of nitrogens with zero attached hydrogens (tertiary/aromatic N) is 2. The Bertz CT molecular complexity index is 1020. The molecule has 0 aliphatic rings. The molecule has 0 radical (unpaired) electrons. The minimum Gasteiger partial charge on any atom is -0.369 e. The number of hydrogen-bond acceptors (Lipinski definition) is 4. The molecule has 1 heterocycles. The highest BCUT2D eigenvalue weighted by molar-refractivity contribution is 5.80. The third-order valence-electron chi connectivity index (χ3n) is 4.77. The minimum absolute atomic E-state index is 0.0554. The third-order valence-corrected chi connectivity index (χ3v) is 4.77. The average Bonchev–Trinajstić information content (AvgIpc) is 2.70. The number of aromatic nitrogens is 1. The Kier molecular flexibility index (Phi) is 8.75. The van der Waals surface area contributed by atoms with E-state index in [1.165, 1.54) is 12.3 Å². The fourth-order valence-electron chi connectivity index (χ4n) is 3.25. The maximum Gasteiger partial charge on any atom is 0.221 e. The van der Waals surface area contributed by atoms with Crippen molar-refractivity contribution < 1.29 is 18.4 Å². The van der Waals surface area contributed by atoms with Crippen LogP contribution >= 0.6 is 0 Å². The highest BCUT2D eigenvalue weighted by atomic mass is 19.1. The van der Waals surface area contributed by atoms with Crippen LogP contribution < -0.4 is 5.73 Å². The molecule has 2 aromatic rings. The molecule has 0 aliphatic carbocycles. The fourth-order valence-corrected chi connectivity index (χ4v) is 3.25. The van der Waals surface area contributed by atoms with Crippen molar-refractivity contribution in [2.45, 2.75) is 32.7 Å². The normalized spacial score (nSPS) is 10.6. The van der Waals surface area contributed by atoms with Gasteiger partial charge in [0, 0.05) is 37.0 Å². The Hall–Kier alpha value is -3.19. The van der Waals surface area contributed by atoms with Crippen LogP contribution in [-0.4, -0.2) is 36.2 Å². The summed E-state index contributed by atoms with van der Waals surface area (Å²) in [5.74, 6) is -1.73. The van der Waals surface area contributed by atoms with Gasteiger partial charge in [0.05, 0.1) is 6.42 Å². The first kappa shape index (κ1) is 24.1. The van der Waals surface area contributed by atoms with Gasteiger partial charge < -0.3 is 10.6 Å². The molecule has 0 saturated carbocycles. The SMILES string of the molecule is CCc1cc(Cc2ccc(CC(N)=O)c(CN(C)C)c(C=O)ccnc2)c(F)cc1F. The fraction of sp³-hybridized carbons (Fsp3) is 0.292. The number of nitrogens with two attached hydrogens (primary N) is 1. The number of carbonyl (C=O) groups excluding carboxylic acids is 2. The molecule has 1 aromatic carbocycles. The predicted octanol–water partition coefficient (Wildman–Crippen LogP) is 3.54. The Labute approximate surface area is 181 Å². The molecule has 0 unspecified atom stereocenters. The van der Waals surface area contributed by atoms with Gasteiger partial charge in [-0.05, 0) is 60.5 Å². The molecule has 0 bridgehead atoms. The summed E-state index contributed by atoms with van der Waals surface area (Å²) in [7, 11) is 3.70. The molecule has 1 amide bonds. The number of carbonyl (C=O) groups is 2. The zero-order valence-electron chi connectivity index (χ0n) is 18.0. The van der Waals surface area contributed by atoms with Crippen LogP contribution in [0.2, 0.25) is 0 Å². The number of halogens is 2. The van der Waals surface area contributed by atoms with Crippen LogP contribution in [-0.2, 0) is 30.6 Å².